The normalized spacial score (nSPS) is 15.7. The summed E-state index contributed by atoms with van der Waals surface area (Å²) >= 11 is 0. The maximum atomic E-state index is 13.4. The van der Waals surface area contributed by atoms with Gasteiger partial charge in [0.15, 0.2) is 0 Å². The molecule has 1 aliphatic rings. The van der Waals surface area contributed by atoms with Crippen molar-refractivity contribution in [2.75, 3.05) is 13.1 Å². The van der Waals surface area contributed by atoms with Crippen LogP contribution in [0.3, 0.4) is 0 Å². The van der Waals surface area contributed by atoms with Gasteiger partial charge in [-0.15, -0.1) is 0 Å². The Morgan fingerprint density at radius 2 is 1.85 bits per heavy atom. The van der Waals surface area contributed by atoms with Crippen LogP contribution in [-0.4, -0.2) is 44.2 Å². The van der Waals surface area contributed by atoms with E-state index in [1.807, 2.05) is 4.90 Å². The molecular formula is C19H16FN5O2. The van der Waals surface area contributed by atoms with E-state index in [2.05, 4.69) is 24.9 Å². The fourth-order valence-corrected chi connectivity index (χ4v) is 3.65. The number of likely N-dealkylation sites (tertiary alicyclic amines) is 1. The number of carbonyl (C=O) groups excluding carboxylic acids is 1. The molecule has 0 unspecified atom stereocenters. The molecule has 3 heterocycles. The molecule has 1 N–H and O–H groups in total. The van der Waals surface area contributed by atoms with Crippen molar-refractivity contribution in [3.05, 3.63) is 53.6 Å². The highest BCUT2D eigenvalue weighted by atomic mass is 19.1. The molecule has 5 rings (SSSR count). The highest BCUT2D eigenvalue weighted by Crippen LogP contribution is 2.28. The first kappa shape index (κ1) is 15.9. The minimum Gasteiger partial charge on any atom is -0.342 e. The fraction of sp³-hybridized carbons (Fsp3) is 0.263. The Morgan fingerprint density at radius 1 is 1.07 bits per heavy atom. The number of halogens is 1. The maximum Gasteiger partial charge on any atom is 0.253 e. The number of piperidine rings is 1. The molecule has 0 aliphatic carbocycles. The molecule has 1 saturated heterocycles. The molecule has 8 heteroatoms. The van der Waals surface area contributed by atoms with E-state index >= 15 is 0 Å². The molecule has 0 radical (unpaired) electrons. The predicted molar refractivity (Wildman–Crippen MR) is 95.7 cm³/mol. The van der Waals surface area contributed by atoms with Gasteiger partial charge in [-0.3, -0.25) is 4.79 Å². The maximum absolute atomic E-state index is 13.4. The van der Waals surface area contributed by atoms with Crippen molar-refractivity contribution in [1.29, 1.82) is 0 Å². The minimum atomic E-state index is -0.280. The molecule has 136 valence electrons. The number of amides is 1. The van der Waals surface area contributed by atoms with Crippen molar-refractivity contribution in [3.63, 3.8) is 0 Å². The zero-order valence-corrected chi connectivity index (χ0v) is 14.4. The summed E-state index contributed by atoms with van der Waals surface area (Å²) in [4.78, 5) is 22.4. The lowest BCUT2D eigenvalue weighted by Gasteiger charge is -2.31. The molecule has 0 atom stereocenters. The number of aromatic nitrogens is 4. The number of H-pyrrole nitrogens is 1. The molecule has 1 amide bonds. The average Bonchev–Trinajstić information content (AvgIpc) is 3.33. The summed E-state index contributed by atoms with van der Waals surface area (Å²) in [5.41, 5.74) is 3.25. The monoisotopic (exact) mass is 365 g/mol. The summed E-state index contributed by atoms with van der Waals surface area (Å²) in [6, 6.07) is 9.73. The summed E-state index contributed by atoms with van der Waals surface area (Å²) in [5, 5.41) is 7.54. The van der Waals surface area contributed by atoms with Crippen LogP contribution in [0.15, 0.2) is 41.0 Å². The van der Waals surface area contributed by atoms with Gasteiger partial charge in [0.25, 0.3) is 5.91 Å². The highest BCUT2D eigenvalue weighted by Gasteiger charge is 2.26. The summed E-state index contributed by atoms with van der Waals surface area (Å²) in [6.45, 7) is 1.29. The molecule has 2 aromatic heterocycles. The van der Waals surface area contributed by atoms with Gasteiger partial charge >= 0.3 is 0 Å². The van der Waals surface area contributed by atoms with Crippen LogP contribution < -0.4 is 0 Å². The third-order valence-corrected chi connectivity index (χ3v) is 5.13. The van der Waals surface area contributed by atoms with Crippen molar-refractivity contribution < 1.29 is 13.8 Å². The van der Waals surface area contributed by atoms with E-state index in [-0.39, 0.29) is 17.6 Å². The third kappa shape index (κ3) is 2.83. The van der Waals surface area contributed by atoms with Gasteiger partial charge in [-0.25, -0.2) is 14.0 Å². The first-order valence-electron chi connectivity index (χ1n) is 8.84. The first-order valence-corrected chi connectivity index (χ1v) is 8.84. The van der Waals surface area contributed by atoms with Crippen LogP contribution in [0.2, 0.25) is 0 Å². The number of imidazole rings is 1. The van der Waals surface area contributed by atoms with Crippen LogP contribution >= 0.6 is 0 Å². The molecule has 4 aromatic rings. The van der Waals surface area contributed by atoms with Crippen LogP contribution in [0.1, 0.15) is 34.9 Å². The SMILES string of the molecule is O=C(c1ccc2nonc2c1)N1CCC(c2nc3ccc(F)cc3[nH]2)CC1. The average molecular weight is 365 g/mol. The van der Waals surface area contributed by atoms with E-state index < -0.39 is 0 Å². The molecule has 0 saturated carbocycles. The van der Waals surface area contributed by atoms with Crippen molar-refractivity contribution in [3.8, 4) is 0 Å². The Morgan fingerprint density at radius 3 is 2.70 bits per heavy atom. The van der Waals surface area contributed by atoms with Gasteiger partial charge in [-0.1, -0.05) is 0 Å². The Balaban J connectivity index is 1.30. The van der Waals surface area contributed by atoms with Gasteiger partial charge in [0.1, 0.15) is 22.7 Å². The number of nitrogens with one attached hydrogen (secondary N) is 1. The first-order chi connectivity index (χ1) is 13.2. The smallest absolute Gasteiger partial charge is 0.253 e. The van der Waals surface area contributed by atoms with E-state index in [1.54, 1.807) is 24.3 Å². The van der Waals surface area contributed by atoms with Gasteiger partial charge in [0.05, 0.1) is 11.0 Å². The minimum absolute atomic E-state index is 0.0231. The quantitative estimate of drug-likeness (QED) is 0.589. The number of hydrogen-bond donors (Lipinski definition) is 1. The Labute approximate surface area is 153 Å². The van der Waals surface area contributed by atoms with Gasteiger partial charge in [-0.2, -0.15) is 0 Å². The molecule has 0 bridgehead atoms. The van der Waals surface area contributed by atoms with Crippen LogP contribution in [0.25, 0.3) is 22.1 Å². The topological polar surface area (TPSA) is 87.9 Å². The van der Waals surface area contributed by atoms with Crippen molar-refractivity contribution in [2.24, 2.45) is 0 Å². The molecule has 1 fully saturated rings. The summed E-state index contributed by atoms with van der Waals surface area (Å²) in [7, 11) is 0. The number of rotatable bonds is 2. The largest absolute Gasteiger partial charge is 0.342 e. The number of fused-ring (bicyclic) bond motifs is 2. The van der Waals surface area contributed by atoms with Gasteiger partial charge in [-0.05, 0) is 59.6 Å². The van der Waals surface area contributed by atoms with Crippen LogP contribution in [0, 0.1) is 5.82 Å². The Hall–Kier alpha value is -3.29. The summed E-state index contributed by atoms with van der Waals surface area (Å²) in [6.07, 6.45) is 1.61. The molecular weight excluding hydrogens is 349 g/mol. The number of benzene rings is 2. The second kappa shape index (κ2) is 6.15. The van der Waals surface area contributed by atoms with E-state index in [9.17, 15) is 9.18 Å². The predicted octanol–water partition coefficient (Wildman–Crippen LogP) is 3.26. The van der Waals surface area contributed by atoms with Crippen molar-refractivity contribution >= 4 is 28.0 Å². The molecule has 7 nitrogen and oxygen atoms in total. The van der Waals surface area contributed by atoms with Crippen LogP contribution in [-0.2, 0) is 0 Å². The number of nitrogens with zero attached hydrogens (tertiary/aromatic N) is 4. The second-order valence-corrected chi connectivity index (χ2v) is 6.82. The highest BCUT2D eigenvalue weighted by molar-refractivity contribution is 5.97. The van der Waals surface area contributed by atoms with Gasteiger partial charge in [0, 0.05) is 24.6 Å². The van der Waals surface area contributed by atoms with E-state index in [1.165, 1.54) is 12.1 Å². The van der Waals surface area contributed by atoms with Gasteiger partial charge in [0.2, 0.25) is 0 Å². The van der Waals surface area contributed by atoms with Crippen LogP contribution in [0.5, 0.6) is 0 Å². The summed E-state index contributed by atoms with van der Waals surface area (Å²) < 4.78 is 18.0. The lowest BCUT2D eigenvalue weighted by Crippen LogP contribution is -2.38. The van der Waals surface area contributed by atoms with Crippen LogP contribution in [0.4, 0.5) is 4.39 Å². The zero-order valence-electron chi connectivity index (χ0n) is 14.4. The summed E-state index contributed by atoms with van der Waals surface area (Å²) in [5.74, 6) is 0.784. The zero-order chi connectivity index (χ0) is 18.4. The fourth-order valence-electron chi connectivity index (χ4n) is 3.65. The Kier molecular flexibility index (Phi) is 3.63. The third-order valence-electron chi connectivity index (χ3n) is 5.13. The lowest BCUT2D eigenvalue weighted by molar-refractivity contribution is 0.0711. The molecule has 27 heavy (non-hydrogen) atoms. The standard InChI is InChI=1S/C19H16FN5O2/c20-13-2-4-14-16(10-13)22-18(21-14)11-5-7-25(8-6-11)19(26)12-1-3-15-17(9-12)24-27-23-15/h1-4,9-11H,5-8H2,(H,21,22). The number of aromatic amines is 1. The van der Waals surface area contributed by atoms with E-state index in [0.717, 1.165) is 24.2 Å². The van der Waals surface area contributed by atoms with Gasteiger partial charge < -0.3 is 9.88 Å². The van der Waals surface area contributed by atoms with E-state index in [4.69, 9.17) is 0 Å². The number of hydrogen-bond acceptors (Lipinski definition) is 5. The Bertz CT molecular complexity index is 1140. The molecule has 2 aromatic carbocycles. The molecule has 1 aliphatic heterocycles. The lowest BCUT2D eigenvalue weighted by atomic mass is 9.95. The second-order valence-electron chi connectivity index (χ2n) is 6.82. The van der Waals surface area contributed by atoms with Crippen molar-refractivity contribution in [1.82, 2.24) is 25.2 Å². The van der Waals surface area contributed by atoms with Crippen molar-refractivity contribution in [2.45, 2.75) is 18.8 Å². The van der Waals surface area contributed by atoms with E-state index in [0.29, 0.717) is 35.2 Å². The molecule has 0 spiro atoms. The number of carbonyl (C=O) groups is 1.